The molecule has 1 spiro atoms. The Morgan fingerprint density at radius 1 is 1.19 bits per heavy atom. The second-order valence-corrected chi connectivity index (χ2v) is 7.91. The van der Waals surface area contributed by atoms with Crippen LogP contribution in [0.2, 0.25) is 0 Å². The average molecular weight is 429 g/mol. The predicted molar refractivity (Wildman–Crippen MR) is 110 cm³/mol. The molecule has 2 bridgehead atoms. The van der Waals surface area contributed by atoms with E-state index in [9.17, 15) is 14.4 Å². The van der Waals surface area contributed by atoms with Gasteiger partial charge in [-0.15, -0.1) is 0 Å². The number of ether oxygens (including phenoxy) is 3. The van der Waals surface area contributed by atoms with Crippen molar-refractivity contribution < 1.29 is 28.6 Å². The van der Waals surface area contributed by atoms with Gasteiger partial charge in [0.05, 0.1) is 31.7 Å². The molecule has 0 radical (unpaired) electrons. The van der Waals surface area contributed by atoms with Gasteiger partial charge in [-0.3, -0.25) is 14.4 Å². The van der Waals surface area contributed by atoms with E-state index in [0.717, 1.165) is 11.3 Å². The zero-order valence-electron chi connectivity index (χ0n) is 17.8. The SMILES string of the molecule is CNC(=O)[C@H]1[C@H]2C(=O)N(CCOC)[C@@H](C(=O)NCc3ccc(OC)cc3)[C@@]23C=C[C@H]1O3. The Morgan fingerprint density at radius 2 is 1.94 bits per heavy atom. The highest BCUT2D eigenvalue weighted by Gasteiger charge is 2.72. The summed E-state index contributed by atoms with van der Waals surface area (Å²) in [6, 6.07) is 6.48. The van der Waals surface area contributed by atoms with Crippen molar-refractivity contribution >= 4 is 17.7 Å². The molecule has 2 saturated heterocycles. The third-order valence-electron chi connectivity index (χ3n) is 6.33. The first-order valence-corrected chi connectivity index (χ1v) is 10.3. The van der Waals surface area contributed by atoms with E-state index in [2.05, 4.69) is 10.6 Å². The number of nitrogens with one attached hydrogen (secondary N) is 2. The molecule has 31 heavy (non-hydrogen) atoms. The number of methoxy groups -OCH3 is 2. The summed E-state index contributed by atoms with van der Waals surface area (Å²) in [6.45, 7) is 0.795. The van der Waals surface area contributed by atoms with E-state index in [1.54, 1.807) is 19.3 Å². The number of carbonyl (C=O) groups is 3. The van der Waals surface area contributed by atoms with Crippen molar-refractivity contribution in [3.05, 3.63) is 42.0 Å². The van der Waals surface area contributed by atoms with Crippen LogP contribution in [0.1, 0.15) is 5.56 Å². The molecule has 4 rings (SSSR count). The maximum atomic E-state index is 13.4. The number of carbonyl (C=O) groups excluding carboxylic acids is 3. The van der Waals surface area contributed by atoms with Crippen molar-refractivity contribution in [2.24, 2.45) is 11.8 Å². The minimum atomic E-state index is -1.16. The molecule has 3 heterocycles. The van der Waals surface area contributed by atoms with E-state index in [0.29, 0.717) is 6.54 Å². The normalized spacial score (nSPS) is 30.4. The molecular formula is C22H27N3O6. The second-order valence-electron chi connectivity index (χ2n) is 7.91. The number of nitrogens with zero attached hydrogens (tertiary/aromatic N) is 1. The largest absolute Gasteiger partial charge is 0.497 e. The first-order chi connectivity index (χ1) is 15.0. The summed E-state index contributed by atoms with van der Waals surface area (Å²) >= 11 is 0. The lowest BCUT2D eigenvalue weighted by atomic mass is 9.74. The van der Waals surface area contributed by atoms with E-state index in [1.165, 1.54) is 19.1 Å². The Bertz CT molecular complexity index is 901. The fourth-order valence-corrected chi connectivity index (χ4v) is 4.89. The lowest BCUT2D eigenvalue weighted by molar-refractivity contribution is -0.142. The van der Waals surface area contributed by atoms with Crippen LogP contribution < -0.4 is 15.4 Å². The topological polar surface area (TPSA) is 106 Å². The number of hydrogen-bond donors (Lipinski definition) is 2. The Hall–Kier alpha value is -2.91. The van der Waals surface area contributed by atoms with Crippen LogP contribution >= 0.6 is 0 Å². The lowest BCUT2D eigenvalue weighted by Crippen LogP contribution is -2.55. The van der Waals surface area contributed by atoms with Gasteiger partial charge < -0.3 is 29.7 Å². The molecule has 0 aliphatic carbocycles. The maximum Gasteiger partial charge on any atom is 0.246 e. The standard InChI is InChI=1S/C22H27N3O6/c1-23-19(26)16-15-8-9-22(31-15)17(16)21(28)25(10-11-29-2)18(22)20(27)24-12-13-4-6-14(30-3)7-5-13/h4-9,15-18H,10-12H2,1-3H3,(H,23,26)(H,24,27)/t15-,16-,17+,18+,22-/m1/s1. The van der Waals surface area contributed by atoms with Gasteiger partial charge in [0.15, 0.2) is 0 Å². The van der Waals surface area contributed by atoms with Crippen LogP contribution in [-0.4, -0.2) is 74.8 Å². The number of rotatable bonds is 8. The van der Waals surface area contributed by atoms with Gasteiger partial charge >= 0.3 is 0 Å². The summed E-state index contributed by atoms with van der Waals surface area (Å²) in [5.41, 5.74) is -0.261. The molecule has 9 heteroatoms. The van der Waals surface area contributed by atoms with Gasteiger partial charge in [0, 0.05) is 27.2 Å². The number of likely N-dealkylation sites (tertiary alicyclic amines) is 1. The monoisotopic (exact) mass is 429 g/mol. The molecular weight excluding hydrogens is 402 g/mol. The van der Waals surface area contributed by atoms with Crippen LogP contribution in [0.5, 0.6) is 5.75 Å². The molecule has 2 fully saturated rings. The zero-order valence-corrected chi connectivity index (χ0v) is 17.8. The molecule has 9 nitrogen and oxygen atoms in total. The summed E-state index contributed by atoms with van der Waals surface area (Å²) in [6.07, 6.45) is 3.05. The molecule has 5 atom stereocenters. The molecule has 3 aliphatic rings. The van der Waals surface area contributed by atoms with Crippen LogP contribution in [0.25, 0.3) is 0 Å². The van der Waals surface area contributed by atoms with Crippen molar-refractivity contribution in [3.8, 4) is 5.75 Å². The second kappa shape index (κ2) is 8.32. The Balaban J connectivity index is 1.59. The van der Waals surface area contributed by atoms with E-state index in [4.69, 9.17) is 14.2 Å². The molecule has 2 N–H and O–H groups in total. The van der Waals surface area contributed by atoms with Crippen LogP contribution in [0.4, 0.5) is 0 Å². The number of fused-ring (bicyclic) bond motifs is 1. The summed E-state index contributed by atoms with van der Waals surface area (Å²) in [5.74, 6) is -1.53. The molecule has 3 amide bonds. The van der Waals surface area contributed by atoms with E-state index < -0.39 is 29.6 Å². The summed E-state index contributed by atoms with van der Waals surface area (Å²) in [7, 11) is 4.66. The minimum Gasteiger partial charge on any atom is -0.497 e. The van der Waals surface area contributed by atoms with Gasteiger partial charge in [0.1, 0.15) is 17.4 Å². The molecule has 0 aromatic heterocycles. The van der Waals surface area contributed by atoms with Gasteiger partial charge in [-0.2, -0.15) is 0 Å². The molecule has 166 valence electrons. The van der Waals surface area contributed by atoms with Crippen LogP contribution in [-0.2, 0) is 30.4 Å². The van der Waals surface area contributed by atoms with Crippen LogP contribution in [0.3, 0.4) is 0 Å². The summed E-state index contributed by atoms with van der Waals surface area (Å²) in [4.78, 5) is 40.7. The van der Waals surface area contributed by atoms with Gasteiger partial charge in [-0.05, 0) is 17.7 Å². The number of benzene rings is 1. The summed E-state index contributed by atoms with van der Waals surface area (Å²) in [5, 5.41) is 5.55. The molecule has 0 unspecified atom stereocenters. The Labute approximate surface area is 180 Å². The van der Waals surface area contributed by atoms with E-state index in [1.807, 2.05) is 24.3 Å². The smallest absolute Gasteiger partial charge is 0.246 e. The van der Waals surface area contributed by atoms with Gasteiger partial charge in [0.25, 0.3) is 0 Å². The molecule has 0 saturated carbocycles. The Morgan fingerprint density at radius 3 is 2.58 bits per heavy atom. The quantitative estimate of drug-likeness (QED) is 0.557. The third-order valence-corrected chi connectivity index (χ3v) is 6.33. The summed E-state index contributed by atoms with van der Waals surface area (Å²) < 4.78 is 16.5. The molecule has 1 aromatic rings. The van der Waals surface area contributed by atoms with Crippen molar-refractivity contribution in [1.29, 1.82) is 0 Å². The van der Waals surface area contributed by atoms with E-state index >= 15 is 0 Å². The highest BCUT2D eigenvalue weighted by molar-refractivity contribution is 5.99. The van der Waals surface area contributed by atoms with E-state index in [-0.39, 0.29) is 30.9 Å². The van der Waals surface area contributed by atoms with Crippen molar-refractivity contribution in [1.82, 2.24) is 15.5 Å². The van der Waals surface area contributed by atoms with Gasteiger partial charge in [-0.25, -0.2) is 0 Å². The maximum absolute atomic E-state index is 13.4. The van der Waals surface area contributed by atoms with Gasteiger partial charge in [-0.1, -0.05) is 24.3 Å². The average Bonchev–Trinajstić information content (AvgIpc) is 3.43. The molecule has 1 aromatic carbocycles. The first kappa shape index (κ1) is 21.3. The molecule has 3 aliphatic heterocycles. The van der Waals surface area contributed by atoms with Crippen molar-refractivity contribution in [3.63, 3.8) is 0 Å². The highest BCUT2D eigenvalue weighted by Crippen LogP contribution is 2.54. The minimum absolute atomic E-state index is 0.233. The highest BCUT2D eigenvalue weighted by atomic mass is 16.5. The number of hydrogen-bond acceptors (Lipinski definition) is 6. The Kier molecular flexibility index (Phi) is 5.72. The lowest BCUT2D eigenvalue weighted by Gasteiger charge is -2.32. The predicted octanol–water partition coefficient (Wildman–Crippen LogP) is -0.146. The van der Waals surface area contributed by atoms with Crippen LogP contribution in [0, 0.1) is 11.8 Å². The number of amides is 3. The zero-order chi connectivity index (χ0) is 22.2. The van der Waals surface area contributed by atoms with Gasteiger partial charge in [0.2, 0.25) is 17.7 Å². The van der Waals surface area contributed by atoms with Crippen molar-refractivity contribution in [2.75, 3.05) is 34.4 Å². The fraction of sp³-hybridized carbons (Fsp3) is 0.500. The van der Waals surface area contributed by atoms with Crippen molar-refractivity contribution in [2.45, 2.75) is 24.3 Å². The fourth-order valence-electron chi connectivity index (χ4n) is 4.89. The third kappa shape index (κ3) is 3.37. The first-order valence-electron chi connectivity index (χ1n) is 10.3. The van der Waals surface area contributed by atoms with Crippen LogP contribution in [0.15, 0.2) is 36.4 Å².